The molecule has 1 aromatic heterocycles. The van der Waals surface area contributed by atoms with Crippen LogP contribution >= 0.6 is 0 Å². The van der Waals surface area contributed by atoms with Gasteiger partial charge in [-0.3, -0.25) is 9.59 Å². The molecule has 110 valence electrons. The van der Waals surface area contributed by atoms with E-state index >= 15 is 0 Å². The SMILES string of the molecule is CCN(CC(=O)Nc1ccon1)C(=O)c1ccccc1F. The van der Waals surface area contributed by atoms with E-state index in [0.717, 1.165) is 0 Å². The topological polar surface area (TPSA) is 75.4 Å². The summed E-state index contributed by atoms with van der Waals surface area (Å²) in [5.74, 6) is -1.33. The van der Waals surface area contributed by atoms with E-state index in [4.69, 9.17) is 0 Å². The summed E-state index contributed by atoms with van der Waals surface area (Å²) in [4.78, 5) is 25.3. The van der Waals surface area contributed by atoms with Crippen LogP contribution in [0.25, 0.3) is 0 Å². The molecule has 0 atom stereocenters. The lowest BCUT2D eigenvalue weighted by Crippen LogP contribution is -2.38. The van der Waals surface area contributed by atoms with Crippen LogP contribution < -0.4 is 5.32 Å². The van der Waals surface area contributed by atoms with E-state index in [0.29, 0.717) is 0 Å². The van der Waals surface area contributed by atoms with Crippen LogP contribution in [0, 0.1) is 5.82 Å². The summed E-state index contributed by atoms with van der Waals surface area (Å²) in [7, 11) is 0. The molecule has 1 N–H and O–H groups in total. The second kappa shape index (κ2) is 6.65. The molecule has 0 radical (unpaired) electrons. The fourth-order valence-electron chi connectivity index (χ4n) is 1.76. The van der Waals surface area contributed by atoms with Crippen LogP contribution in [-0.4, -0.2) is 35.0 Å². The van der Waals surface area contributed by atoms with E-state index in [1.807, 2.05) is 0 Å². The molecule has 0 aliphatic rings. The molecule has 2 rings (SSSR count). The zero-order valence-electron chi connectivity index (χ0n) is 11.4. The van der Waals surface area contributed by atoms with Crippen molar-refractivity contribution in [2.75, 3.05) is 18.4 Å². The molecular formula is C14H14FN3O3. The number of amides is 2. The Hall–Kier alpha value is -2.70. The van der Waals surface area contributed by atoms with Crippen molar-refractivity contribution < 1.29 is 18.5 Å². The number of hydrogen-bond acceptors (Lipinski definition) is 4. The average molecular weight is 291 g/mol. The molecule has 7 heteroatoms. The maximum atomic E-state index is 13.6. The minimum Gasteiger partial charge on any atom is -0.363 e. The first-order valence-corrected chi connectivity index (χ1v) is 6.36. The quantitative estimate of drug-likeness (QED) is 0.913. The molecule has 0 saturated carbocycles. The maximum Gasteiger partial charge on any atom is 0.257 e. The molecule has 0 saturated heterocycles. The molecule has 2 amide bonds. The van der Waals surface area contributed by atoms with Gasteiger partial charge in [0.25, 0.3) is 5.91 Å². The van der Waals surface area contributed by atoms with Gasteiger partial charge in [0, 0.05) is 12.6 Å². The van der Waals surface area contributed by atoms with Gasteiger partial charge < -0.3 is 14.7 Å². The second-order valence-electron chi connectivity index (χ2n) is 4.23. The number of hydrogen-bond donors (Lipinski definition) is 1. The molecule has 6 nitrogen and oxygen atoms in total. The van der Waals surface area contributed by atoms with Crippen molar-refractivity contribution >= 4 is 17.6 Å². The van der Waals surface area contributed by atoms with Gasteiger partial charge >= 0.3 is 0 Å². The fraction of sp³-hybridized carbons (Fsp3) is 0.214. The molecule has 0 aliphatic carbocycles. The van der Waals surface area contributed by atoms with E-state index in [-0.39, 0.29) is 24.5 Å². The van der Waals surface area contributed by atoms with Crippen LogP contribution in [0.5, 0.6) is 0 Å². The Balaban J connectivity index is 2.04. The molecule has 2 aromatic rings. The minimum absolute atomic E-state index is 0.0615. The molecule has 0 fully saturated rings. The lowest BCUT2D eigenvalue weighted by atomic mass is 10.2. The van der Waals surface area contributed by atoms with Crippen LogP contribution in [0.4, 0.5) is 10.2 Å². The average Bonchev–Trinajstić information content (AvgIpc) is 2.97. The van der Waals surface area contributed by atoms with Gasteiger partial charge in [0.15, 0.2) is 5.82 Å². The number of halogens is 1. The van der Waals surface area contributed by atoms with Gasteiger partial charge in [0.05, 0.1) is 5.56 Å². The van der Waals surface area contributed by atoms with Gasteiger partial charge in [-0.15, -0.1) is 0 Å². The molecule has 1 aromatic carbocycles. The number of nitrogens with zero attached hydrogens (tertiary/aromatic N) is 2. The Morgan fingerprint density at radius 2 is 2.10 bits per heavy atom. The lowest BCUT2D eigenvalue weighted by Gasteiger charge is -2.20. The number of carbonyl (C=O) groups is 2. The summed E-state index contributed by atoms with van der Waals surface area (Å²) in [5.41, 5.74) is -0.0615. The first-order valence-electron chi connectivity index (χ1n) is 6.36. The molecule has 0 spiro atoms. The van der Waals surface area contributed by atoms with Crippen LogP contribution in [0.3, 0.4) is 0 Å². The first kappa shape index (κ1) is 14.7. The highest BCUT2D eigenvalue weighted by atomic mass is 19.1. The third kappa shape index (κ3) is 3.65. The van der Waals surface area contributed by atoms with E-state index < -0.39 is 17.6 Å². The van der Waals surface area contributed by atoms with Gasteiger partial charge in [-0.2, -0.15) is 0 Å². The molecule has 0 bridgehead atoms. The number of benzene rings is 1. The molecular weight excluding hydrogens is 277 g/mol. The van der Waals surface area contributed by atoms with Gasteiger partial charge in [-0.1, -0.05) is 17.3 Å². The van der Waals surface area contributed by atoms with Gasteiger partial charge in [0.2, 0.25) is 5.91 Å². The highest BCUT2D eigenvalue weighted by Gasteiger charge is 2.20. The predicted molar refractivity (Wildman–Crippen MR) is 73.1 cm³/mol. The van der Waals surface area contributed by atoms with Crippen LogP contribution in [0.2, 0.25) is 0 Å². The third-order valence-electron chi connectivity index (χ3n) is 2.81. The monoisotopic (exact) mass is 291 g/mol. The minimum atomic E-state index is -0.613. The van der Waals surface area contributed by atoms with E-state index in [2.05, 4.69) is 15.0 Å². The van der Waals surface area contributed by atoms with Crippen molar-refractivity contribution in [2.24, 2.45) is 0 Å². The number of anilines is 1. The van der Waals surface area contributed by atoms with Crippen LogP contribution in [0.1, 0.15) is 17.3 Å². The molecule has 21 heavy (non-hydrogen) atoms. The van der Waals surface area contributed by atoms with Crippen molar-refractivity contribution in [2.45, 2.75) is 6.92 Å². The van der Waals surface area contributed by atoms with Crippen molar-refractivity contribution in [3.8, 4) is 0 Å². The summed E-state index contributed by atoms with van der Waals surface area (Å²) >= 11 is 0. The summed E-state index contributed by atoms with van der Waals surface area (Å²) < 4.78 is 18.2. The maximum absolute atomic E-state index is 13.6. The van der Waals surface area contributed by atoms with Crippen LogP contribution in [0.15, 0.2) is 41.1 Å². The number of rotatable bonds is 5. The highest BCUT2D eigenvalue weighted by Crippen LogP contribution is 2.10. The number of nitrogens with one attached hydrogen (secondary N) is 1. The largest absolute Gasteiger partial charge is 0.363 e. The zero-order chi connectivity index (χ0) is 15.2. The van der Waals surface area contributed by atoms with Crippen LogP contribution in [-0.2, 0) is 4.79 Å². The number of carbonyl (C=O) groups excluding carboxylic acids is 2. The molecule has 1 heterocycles. The van der Waals surface area contributed by atoms with E-state index in [1.165, 1.54) is 35.4 Å². The highest BCUT2D eigenvalue weighted by molar-refractivity contribution is 5.99. The van der Waals surface area contributed by atoms with E-state index in [1.54, 1.807) is 13.0 Å². The van der Waals surface area contributed by atoms with Gasteiger partial charge in [-0.05, 0) is 19.1 Å². The van der Waals surface area contributed by atoms with Gasteiger partial charge in [0.1, 0.15) is 18.6 Å². The third-order valence-corrected chi connectivity index (χ3v) is 2.81. The Morgan fingerprint density at radius 3 is 2.71 bits per heavy atom. The van der Waals surface area contributed by atoms with Crippen molar-refractivity contribution in [3.63, 3.8) is 0 Å². The van der Waals surface area contributed by atoms with Crippen molar-refractivity contribution in [1.82, 2.24) is 10.1 Å². The zero-order valence-corrected chi connectivity index (χ0v) is 11.4. The normalized spacial score (nSPS) is 10.2. The Kier molecular flexibility index (Phi) is 4.65. The second-order valence-corrected chi connectivity index (χ2v) is 4.23. The summed E-state index contributed by atoms with van der Waals surface area (Å²) in [5, 5.41) is 6.01. The van der Waals surface area contributed by atoms with Crippen molar-refractivity contribution in [3.05, 3.63) is 48.0 Å². The molecule has 0 unspecified atom stereocenters. The summed E-state index contributed by atoms with van der Waals surface area (Å²) in [6.07, 6.45) is 1.32. The van der Waals surface area contributed by atoms with Gasteiger partial charge in [-0.25, -0.2) is 4.39 Å². The fourth-order valence-corrected chi connectivity index (χ4v) is 1.76. The van der Waals surface area contributed by atoms with E-state index in [9.17, 15) is 14.0 Å². The smallest absolute Gasteiger partial charge is 0.257 e. The molecule has 0 aliphatic heterocycles. The Labute approximate surface area is 120 Å². The number of likely N-dealkylation sites (N-methyl/N-ethyl adjacent to an activating group) is 1. The summed E-state index contributed by atoms with van der Waals surface area (Å²) in [6, 6.07) is 7.14. The lowest BCUT2D eigenvalue weighted by molar-refractivity contribution is -0.116. The standard InChI is InChI=1S/C14H14FN3O3/c1-2-18(9-13(19)16-12-7-8-21-17-12)14(20)10-5-3-4-6-11(10)15/h3-8H,2,9H2,1H3,(H,16,17,19). The Morgan fingerprint density at radius 1 is 1.33 bits per heavy atom. The Bertz CT molecular complexity index is 628. The first-order chi connectivity index (χ1) is 10.1. The van der Waals surface area contributed by atoms with Crippen molar-refractivity contribution in [1.29, 1.82) is 0 Å². The predicted octanol–water partition coefficient (Wildman–Crippen LogP) is 1.91. The number of aromatic nitrogens is 1. The summed E-state index contributed by atoms with van der Waals surface area (Å²) in [6.45, 7) is 1.79.